The van der Waals surface area contributed by atoms with Gasteiger partial charge in [0.25, 0.3) is 5.91 Å². The number of thiophene rings is 1. The van der Waals surface area contributed by atoms with Gasteiger partial charge in [-0.3, -0.25) is 20.4 Å². The third-order valence-corrected chi connectivity index (χ3v) is 3.84. The summed E-state index contributed by atoms with van der Waals surface area (Å²) in [7, 11) is 0. The van der Waals surface area contributed by atoms with Crippen molar-refractivity contribution >= 4 is 23.2 Å². The second kappa shape index (κ2) is 6.86. The molecule has 1 unspecified atom stereocenters. The van der Waals surface area contributed by atoms with Crippen molar-refractivity contribution in [1.82, 2.24) is 10.9 Å². The fourth-order valence-electron chi connectivity index (χ4n) is 1.93. The Kier molecular flexibility index (Phi) is 4.90. The van der Waals surface area contributed by atoms with E-state index in [2.05, 4.69) is 10.9 Å². The maximum atomic E-state index is 12.1. The highest BCUT2D eigenvalue weighted by Crippen LogP contribution is 2.18. The van der Waals surface area contributed by atoms with Crippen LogP contribution < -0.4 is 10.9 Å². The van der Waals surface area contributed by atoms with Gasteiger partial charge < -0.3 is 0 Å². The molecule has 0 aliphatic carbocycles. The molecule has 0 saturated carbocycles. The molecule has 0 bridgehead atoms. The lowest BCUT2D eigenvalue weighted by atomic mass is 9.96. The average Bonchev–Trinajstić information content (AvgIpc) is 3.01. The Morgan fingerprint density at radius 3 is 2.45 bits per heavy atom. The standard InChI is InChI=1S/C15H16N2O2S/c1-2-12(11-7-4-3-5-8-11)14(18)16-17-15(19)13-9-6-10-20-13/h3-10,12H,2H2,1H3,(H,16,18)(H,17,19). The van der Waals surface area contributed by atoms with E-state index in [1.165, 1.54) is 11.3 Å². The summed E-state index contributed by atoms with van der Waals surface area (Å²) in [4.78, 5) is 24.4. The lowest BCUT2D eigenvalue weighted by Gasteiger charge is -2.15. The summed E-state index contributed by atoms with van der Waals surface area (Å²) in [6.07, 6.45) is 0.671. The zero-order chi connectivity index (χ0) is 14.4. The van der Waals surface area contributed by atoms with Gasteiger partial charge in [-0.1, -0.05) is 43.3 Å². The van der Waals surface area contributed by atoms with E-state index < -0.39 is 0 Å². The van der Waals surface area contributed by atoms with E-state index in [-0.39, 0.29) is 17.7 Å². The molecule has 0 saturated heterocycles. The lowest BCUT2D eigenvalue weighted by molar-refractivity contribution is -0.123. The van der Waals surface area contributed by atoms with Crippen LogP contribution in [0.15, 0.2) is 47.8 Å². The van der Waals surface area contributed by atoms with Crippen LogP contribution in [0.25, 0.3) is 0 Å². The Labute approximate surface area is 121 Å². The van der Waals surface area contributed by atoms with Crippen molar-refractivity contribution < 1.29 is 9.59 Å². The van der Waals surface area contributed by atoms with E-state index in [1.807, 2.05) is 42.6 Å². The molecule has 0 spiro atoms. The number of benzene rings is 1. The smallest absolute Gasteiger partial charge is 0.273 e. The lowest BCUT2D eigenvalue weighted by Crippen LogP contribution is -2.43. The van der Waals surface area contributed by atoms with Crippen molar-refractivity contribution in [1.29, 1.82) is 0 Å². The number of carbonyl (C=O) groups excluding carboxylic acids is 2. The van der Waals surface area contributed by atoms with Crippen LogP contribution in [0.3, 0.4) is 0 Å². The normalized spacial score (nSPS) is 11.7. The predicted octanol–water partition coefficient (Wildman–Crippen LogP) is 2.70. The van der Waals surface area contributed by atoms with Gasteiger partial charge in [-0.15, -0.1) is 11.3 Å². The van der Waals surface area contributed by atoms with Crippen LogP contribution in [0, 0.1) is 0 Å². The van der Waals surface area contributed by atoms with Gasteiger partial charge in [0.1, 0.15) is 0 Å². The third kappa shape index (κ3) is 3.45. The van der Waals surface area contributed by atoms with Gasteiger partial charge in [0.2, 0.25) is 5.91 Å². The van der Waals surface area contributed by atoms with Crippen molar-refractivity contribution in [3.63, 3.8) is 0 Å². The van der Waals surface area contributed by atoms with E-state index in [1.54, 1.807) is 12.1 Å². The number of rotatable bonds is 4. The number of nitrogens with one attached hydrogen (secondary N) is 2. The number of hydrazine groups is 1. The van der Waals surface area contributed by atoms with Gasteiger partial charge in [0.05, 0.1) is 10.8 Å². The molecule has 2 N–H and O–H groups in total. The molecule has 104 valence electrons. The molecule has 1 atom stereocenters. The number of carbonyl (C=O) groups is 2. The minimum absolute atomic E-state index is 0.205. The molecule has 1 aromatic carbocycles. The molecule has 0 aliphatic rings. The minimum Gasteiger partial charge on any atom is -0.273 e. The molecule has 1 aromatic heterocycles. The number of amides is 2. The van der Waals surface area contributed by atoms with Crippen LogP contribution in [-0.2, 0) is 4.79 Å². The molecular weight excluding hydrogens is 272 g/mol. The minimum atomic E-state index is -0.295. The maximum Gasteiger partial charge on any atom is 0.279 e. The van der Waals surface area contributed by atoms with E-state index in [0.29, 0.717) is 11.3 Å². The first kappa shape index (κ1) is 14.3. The second-order valence-electron chi connectivity index (χ2n) is 4.29. The zero-order valence-electron chi connectivity index (χ0n) is 11.1. The molecule has 0 radical (unpaired) electrons. The Hall–Kier alpha value is -2.14. The molecular formula is C15H16N2O2S. The fourth-order valence-corrected chi connectivity index (χ4v) is 2.55. The van der Waals surface area contributed by atoms with Crippen LogP contribution in [-0.4, -0.2) is 11.8 Å². The van der Waals surface area contributed by atoms with E-state index in [9.17, 15) is 9.59 Å². The number of hydrogen-bond donors (Lipinski definition) is 2. The van der Waals surface area contributed by atoms with Gasteiger partial charge in [-0.25, -0.2) is 0 Å². The summed E-state index contributed by atoms with van der Waals surface area (Å²) < 4.78 is 0. The SMILES string of the molecule is CCC(C(=O)NNC(=O)c1cccs1)c1ccccc1. The van der Waals surface area contributed by atoms with Crippen molar-refractivity contribution in [2.24, 2.45) is 0 Å². The highest BCUT2D eigenvalue weighted by atomic mass is 32.1. The molecule has 0 fully saturated rings. The summed E-state index contributed by atoms with van der Waals surface area (Å²) in [5, 5.41) is 1.82. The zero-order valence-corrected chi connectivity index (χ0v) is 11.9. The molecule has 5 heteroatoms. The summed E-state index contributed by atoms with van der Waals surface area (Å²) in [5.74, 6) is -0.764. The highest BCUT2D eigenvalue weighted by molar-refractivity contribution is 7.12. The summed E-state index contributed by atoms with van der Waals surface area (Å²) in [6, 6.07) is 13.0. The fraction of sp³-hybridized carbons (Fsp3) is 0.200. The maximum absolute atomic E-state index is 12.1. The third-order valence-electron chi connectivity index (χ3n) is 2.97. The summed E-state index contributed by atoms with van der Waals surface area (Å²) in [5.41, 5.74) is 5.87. The largest absolute Gasteiger partial charge is 0.279 e. The quantitative estimate of drug-likeness (QED) is 0.850. The molecule has 0 aliphatic heterocycles. The van der Waals surface area contributed by atoms with Crippen LogP contribution in [0.4, 0.5) is 0 Å². The van der Waals surface area contributed by atoms with Crippen molar-refractivity contribution in [2.45, 2.75) is 19.3 Å². The summed E-state index contributed by atoms with van der Waals surface area (Å²) in [6.45, 7) is 1.94. The van der Waals surface area contributed by atoms with Gasteiger partial charge >= 0.3 is 0 Å². The van der Waals surface area contributed by atoms with Gasteiger partial charge in [-0.05, 0) is 23.4 Å². The van der Waals surface area contributed by atoms with E-state index >= 15 is 0 Å². The van der Waals surface area contributed by atoms with Gasteiger partial charge in [0, 0.05) is 0 Å². The van der Waals surface area contributed by atoms with E-state index in [0.717, 1.165) is 5.56 Å². The van der Waals surface area contributed by atoms with Crippen LogP contribution >= 0.6 is 11.3 Å². The topological polar surface area (TPSA) is 58.2 Å². The van der Waals surface area contributed by atoms with E-state index in [4.69, 9.17) is 0 Å². The second-order valence-corrected chi connectivity index (χ2v) is 5.24. The average molecular weight is 288 g/mol. The molecule has 2 aromatic rings. The van der Waals surface area contributed by atoms with Crippen molar-refractivity contribution in [3.05, 3.63) is 58.3 Å². The summed E-state index contributed by atoms with van der Waals surface area (Å²) >= 11 is 1.33. The monoisotopic (exact) mass is 288 g/mol. The van der Waals surface area contributed by atoms with Crippen molar-refractivity contribution in [2.75, 3.05) is 0 Å². The van der Waals surface area contributed by atoms with Crippen LogP contribution in [0.1, 0.15) is 34.5 Å². The molecule has 2 amide bonds. The molecule has 4 nitrogen and oxygen atoms in total. The van der Waals surface area contributed by atoms with Gasteiger partial charge in [-0.2, -0.15) is 0 Å². The van der Waals surface area contributed by atoms with Crippen LogP contribution in [0.2, 0.25) is 0 Å². The number of hydrogen-bond acceptors (Lipinski definition) is 3. The molecule has 1 heterocycles. The molecule has 2 rings (SSSR count). The first-order chi connectivity index (χ1) is 9.72. The van der Waals surface area contributed by atoms with Crippen LogP contribution in [0.5, 0.6) is 0 Å². The first-order valence-corrected chi connectivity index (χ1v) is 7.29. The Morgan fingerprint density at radius 2 is 1.85 bits per heavy atom. The molecule has 20 heavy (non-hydrogen) atoms. The predicted molar refractivity (Wildman–Crippen MR) is 79.4 cm³/mol. The highest BCUT2D eigenvalue weighted by Gasteiger charge is 2.19. The first-order valence-electron chi connectivity index (χ1n) is 6.41. The Bertz CT molecular complexity index is 567. The van der Waals surface area contributed by atoms with Gasteiger partial charge in [0.15, 0.2) is 0 Å². The Morgan fingerprint density at radius 1 is 1.10 bits per heavy atom. The Balaban J connectivity index is 1.95. The van der Waals surface area contributed by atoms with Crippen molar-refractivity contribution in [3.8, 4) is 0 Å².